The fraction of sp³-hybridized carbons (Fsp3) is 0.381. The standard InChI is InChI=1S/C21H24N4OS/c1-14-5-3-9-23-17(14)13-25-11-7-15(8-12-25)18-16-6-4-10-24-21(16)27-19(18)20(26)22-2/h3-6,9-10,15H,7-8,11-13H2,1-2H3,(H,22,26). The molecule has 3 aromatic rings. The molecule has 27 heavy (non-hydrogen) atoms. The molecule has 5 nitrogen and oxygen atoms in total. The number of fused-ring (bicyclic) bond motifs is 1. The number of carbonyl (C=O) groups excluding carboxylic acids is 1. The minimum atomic E-state index is -0.000426. The summed E-state index contributed by atoms with van der Waals surface area (Å²) in [5.41, 5.74) is 3.60. The van der Waals surface area contributed by atoms with Gasteiger partial charge in [-0.25, -0.2) is 4.98 Å². The fourth-order valence-corrected chi connectivity index (χ4v) is 5.09. The van der Waals surface area contributed by atoms with Gasteiger partial charge in [-0.15, -0.1) is 11.3 Å². The van der Waals surface area contributed by atoms with Crippen molar-refractivity contribution in [2.45, 2.75) is 32.2 Å². The molecule has 0 aromatic carbocycles. The normalized spacial score (nSPS) is 15.9. The highest BCUT2D eigenvalue weighted by molar-refractivity contribution is 7.20. The van der Waals surface area contributed by atoms with E-state index in [9.17, 15) is 4.79 Å². The summed E-state index contributed by atoms with van der Waals surface area (Å²) >= 11 is 1.51. The second-order valence-corrected chi connectivity index (χ2v) is 8.10. The van der Waals surface area contributed by atoms with Gasteiger partial charge in [0, 0.05) is 31.4 Å². The minimum absolute atomic E-state index is 0.000426. The van der Waals surface area contributed by atoms with E-state index in [1.54, 1.807) is 13.2 Å². The van der Waals surface area contributed by atoms with Crippen LogP contribution in [0.5, 0.6) is 0 Å². The minimum Gasteiger partial charge on any atom is -0.354 e. The molecule has 0 saturated carbocycles. The van der Waals surface area contributed by atoms with Gasteiger partial charge in [0.2, 0.25) is 0 Å². The molecule has 0 bridgehead atoms. The summed E-state index contributed by atoms with van der Waals surface area (Å²) in [5, 5.41) is 3.93. The molecule has 0 aliphatic carbocycles. The Labute approximate surface area is 163 Å². The molecule has 6 heteroatoms. The van der Waals surface area contributed by atoms with E-state index in [0.29, 0.717) is 5.92 Å². The second kappa shape index (κ2) is 7.74. The Kier molecular flexibility index (Phi) is 5.18. The Bertz CT molecular complexity index is 960. The summed E-state index contributed by atoms with van der Waals surface area (Å²) in [6, 6.07) is 8.17. The third-order valence-electron chi connectivity index (χ3n) is 5.43. The number of likely N-dealkylation sites (tertiary alicyclic amines) is 1. The molecule has 0 radical (unpaired) electrons. The van der Waals surface area contributed by atoms with Gasteiger partial charge in [-0.3, -0.25) is 14.7 Å². The zero-order valence-corrected chi connectivity index (χ0v) is 16.6. The van der Waals surface area contributed by atoms with Crippen molar-refractivity contribution in [1.82, 2.24) is 20.2 Å². The molecular formula is C21H24N4OS. The molecule has 1 fully saturated rings. The quantitative estimate of drug-likeness (QED) is 0.749. The lowest BCUT2D eigenvalue weighted by atomic mass is 9.87. The van der Waals surface area contributed by atoms with Crippen molar-refractivity contribution in [2.24, 2.45) is 0 Å². The number of hydrogen-bond acceptors (Lipinski definition) is 5. The van der Waals surface area contributed by atoms with Crippen molar-refractivity contribution in [3.8, 4) is 0 Å². The van der Waals surface area contributed by atoms with Crippen LogP contribution in [0.2, 0.25) is 0 Å². The van der Waals surface area contributed by atoms with Gasteiger partial charge in [0.1, 0.15) is 4.83 Å². The van der Waals surface area contributed by atoms with Crippen LogP contribution in [0.15, 0.2) is 36.7 Å². The molecule has 4 rings (SSSR count). The predicted molar refractivity (Wildman–Crippen MR) is 109 cm³/mol. The number of piperidine rings is 1. The highest BCUT2D eigenvalue weighted by atomic mass is 32.1. The van der Waals surface area contributed by atoms with Gasteiger partial charge in [-0.1, -0.05) is 12.1 Å². The topological polar surface area (TPSA) is 58.1 Å². The molecule has 1 aliphatic heterocycles. The molecule has 140 valence electrons. The first kappa shape index (κ1) is 18.1. The first-order valence-corrected chi connectivity index (χ1v) is 10.2. The third-order valence-corrected chi connectivity index (χ3v) is 6.55. The van der Waals surface area contributed by atoms with E-state index < -0.39 is 0 Å². The second-order valence-electron chi connectivity index (χ2n) is 7.10. The monoisotopic (exact) mass is 380 g/mol. The van der Waals surface area contributed by atoms with Gasteiger partial charge >= 0.3 is 0 Å². The zero-order valence-electron chi connectivity index (χ0n) is 15.7. The fourth-order valence-electron chi connectivity index (χ4n) is 3.91. The first-order valence-electron chi connectivity index (χ1n) is 9.39. The predicted octanol–water partition coefficient (Wildman–Crippen LogP) is 3.74. The van der Waals surface area contributed by atoms with Crippen LogP contribution in [-0.2, 0) is 6.54 Å². The molecule has 4 heterocycles. The molecule has 3 aromatic heterocycles. The number of carbonyl (C=O) groups is 1. The van der Waals surface area contributed by atoms with Crippen LogP contribution < -0.4 is 5.32 Å². The highest BCUT2D eigenvalue weighted by Gasteiger charge is 2.28. The molecule has 1 saturated heterocycles. The van der Waals surface area contributed by atoms with Gasteiger partial charge in [0.15, 0.2) is 0 Å². The summed E-state index contributed by atoms with van der Waals surface area (Å²) in [5.74, 6) is 0.399. The number of hydrogen-bond donors (Lipinski definition) is 1. The lowest BCUT2D eigenvalue weighted by Crippen LogP contribution is -2.33. The molecule has 1 N–H and O–H groups in total. The lowest BCUT2D eigenvalue weighted by Gasteiger charge is -2.32. The number of aromatic nitrogens is 2. The van der Waals surface area contributed by atoms with Gasteiger partial charge in [-0.2, -0.15) is 0 Å². The summed E-state index contributed by atoms with van der Waals surface area (Å²) in [6.45, 7) is 5.06. The average molecular weight is 381 g/mol. The van der Waals surface area contributed by atoms with Gasteiger partial charge in [0.05, 0.1) is 10.6 Å². The number of aryl methyl sites for hydroxylation is 1. The van der Waals surface area contributed by atoms with E-state index in [4.69, 9.17) is 0 Å². The molecule has 1 aliphatic rings. The van der Waals surface area contributed by atoms with Crippen LogP contribution in [0.3, 0.4) is 0 Å². The summed E-state index contributed by atoms with van der Waals surface area (Å²) in [4.78, 5) is 25.7. The van der Waals surface area contributed by atoms with E-state index in [1.807, 2.05) is 18.3 Å². The largest absolute Gasteiger partial charge is 0.354 e. The van der Waals surface area contributed by atoms with Crippen molar-refractivity contribution >= 4 is 27.5 Å². The van der Waals surface area contributed by atoms with E-state index in [-0.39, 0.29) is 5.91 Å². The van der Waals surface area contributed by atoms with Crippen LogP contribution in [0.1, 0.15) is 45.3 Å². The maximum absolute atomic E-state index is 12.4. The zero-order chi connectivity index (χ0) is 18.8. The van der Waals surface area contributed by atoms with Crippen molar-refractivity contribution in [3.05, 3.63) is 58.4 Å². The van der Waals surface area contributed by atoms with Gasteiger partial charge in [-0.05, 0) is 62.0 Å². The average Bonchev–Trinajstić information content (AvgIpc) is 3.09. The van der Waals surface area contributed by atoms with Crippen LogP contribution in [-0.4, -0.2) is 40.9 Å². The lowest BCUT2D eigenvalue weighted by molar-refractivity contribution is 0.0965. The molecule has 1 amide bonds. The van der Waals surface area contributed by atoms with E-state index in [1.165, 1.54) is 22.5 Å². The van der Waals surface area contributed by atoms with Crippen molar-refractivity contribution in [2.75, 3.05) is 20.1 Å². The summed E-state index contributed by atoms with van der Waals surface area (Å²) in [6.07, 6.45) is 5.77. The highest BCUT2D eigenvalue weighted by Crippen LogP contribution is 2.39. The van der Waals surface area contributed by atoms with Crippen LogP contribution in [0, 0.1) is 6.92 Å². The first-order chi connectivity index (χ1) is 13.2. The van der Waals surface area contributed by atoms with Crippen LogP contribution in [0.25, 0.3) is 10.2 Å². The van der Waals surface area contributed by atoms with Crippen LogP contribution in [0.4, 0.5) is 0 Å². The SMILES string of the molecule is CNC(=O)c1sc2ncccc2c1C1CCN(Cc2ncccc2C)CC1. The Morgan fingerprint density at radius 2 is 1.96 bits per heavy atom. The van der Waals surface area contributed by atoms with Crippen molar-refractivity contribution in [3.63, 3.8) is 0 Å². The Morgan fingerprint density at radius 1 is 1.22 bits per heavy atom. The van der Waals surface area contributed by atoms with Crippen molar-refractivity contribution in [1.29, 1.82) is 0 Å². The molecular weight excluding hydrogens is 356 g/mol. The van der Waals surface area contributed by atoms with Gasteiger partial charge in [0.25, 0.3) is 5.91 Å². The Hall–Kier alpha value is -2.31. The van der Waals surface area contributed by atoms with E-state index in [0.717, 1.165) is 53.3 Å². The number of nitrogens with one attached hydrogen (secondary N) is 1. The Balaban J connectivity index is 1.54. The van der Waals surface area contributed by atoms with Crippen LogP contribution >= 0.6 is 11.3 Å². The van der Waals surface area contributed by atoms with E-state index in [2.05, 4.69) is 39.2 Å². The molecule has 0 unspecified atom stereocenters. The third kappa shape index (κ3) is 3.59. The molecule has 0 spiro atoms. The number of rotatable bonds is 4. The number of nitrogens with zero attached hydrogens (tertiary/aromatic N) is 3. The maximum atomic E-state index is 12.4. The van der Waals surface area contributed by atoms with Gasteiger partial charge < -0.3 is 5.32 Å². The molecule has 0 atom stereocenters. The summed E-state index contributed by atoms with van der Waals surface area (Å²) < 4.78 is 0. The van der Waals surface area contributed by atoms with Crippen molar-refractivity contribution < 1.29 is 4.79 Å². The van der Waals surface area contributed by atoms with E-state index >= 15 is 0 Å². The smallest absolute Gasteiger partial charge is 0.261 e. The number of amides is 1. The number of pyridine rings is 2. The maximum Gasteiger partial charge on any atom is 0.261 e. The summed E-state index contributed by atoms with van der Waals surface area (Å²) in [7, 11) is 1.70. The Morgan fingerprint density at radius 3 is 2.70 bits per heavy atom. The number of thiophene rings is 1.